The van der Waals surface area contributed by atoms with Crippen LogP contribution in [0.25, 0.3) is 0 Å². The van der Waals surface area contributed by atoms with Gasteiger partial charge in [0.15, 0.2) is 0 Å². The summed E-state index contributed by atoms with van der Waals surface area (Å²) in [6.07, 6.45) is -3.11. The first-order valence-electron chi connectivity index (χ1n) is 4.86. The molecule has 2 nitrogen and oxygen atoms in total. The summed E-state index contributed by atoms with van der Waals surface area (Å²) in [7, 11) is 0. The number of carbonyl (C=O) groups excluding carboxylic acids is 1. The van der Waals surface area contributed by atoms with Crippen molar-refractivity contribution in [3.8, 4) is 5.75 Å². The second kappa shape index (κ2) is 6.47. The van der Waals surface area contributed by atoms with Gasteiger partial charge < -0.3 is 4.74 Å². The van der Waals surface area contributed by atoms with Crippen molar-refractivity contribution < 1.29 is 22.7 Å². The van der Waals surface area contributed by atoms with Gasteiger partial charge in [0, 0.05) is 16.9 Å². The van der Waals surface area contributed by atoms with E-state index >= 15 is 0 Å². The topological polar surface area (TPSA) is 26.3 Å². The average molecular weight is 343 g/mol. The third kappa shape index (κ3) is 4.89. The summed E-state index contributed by atoms with van der Waals surface area (Å²) in [5.74, 6) is -0.525. The summed E-state index contributed by atoms with van der Waals surface area (Å²) in [5.41, 5.74) is 0.231. The second-order valence-corrected chi connectivity index (χ2v) is 4.81. The molecule has 0 aliphatic carbocycles. The van der Waals surface area contributed by atoms with Crippen LogP contribution in [0.3, 0.4) is 0 Å². The molecule has 0 aliphatic heterocycles. The zero-order valence-electron chi connectivity index (χ0n) is 9.38. The molecule has 0 amide bonds. The van der Waals surface area contributed by atoms with E-state index in [9.17, 15) is 18.0 Å². The number of benzene rings is 1. The fourth-order valence-corrected chi connectivity index (χ4v) is 1.91. The molecule has 0 saturated carbocycles. The molecule has 0 spiro atoms. The first kappa shape index (κ1) is 15.4. The number of ketones is 1. The van der Waals surface area contributed by atoms with E-state index in [-0.39, 0.29) is 28.8 Å². The van der Waals surface area contributed by atoms with Crippen molar-refractivity contribution in [2.24, 2.45) is 0 Å². The lowest BCUT2D eigenvalue weighted by molar-refractivity contribution is -0.275. The minimum atomic E-state index is -4.76. The van der Waals surface area contributed by atoms with Crippen molar-refractivity contribution in [3.63, 3.8) is 0 Å². The van der Waals surface area contributed by atoms with E-state index in [1.165, 1.54) is 23.9 Å². The molecule has 18 heavy (non-hydrogen) atoms. The minimum Gasteiger partial charge on any atom is -0.405 e. The van der Waals surface area contributed by atoms with Crippen LogP contribution in [0, 0.1) is 0 Å². The van der Waals surface area contributed by atoms with Crippen LogP contribution in [0.2, 0.25) is 0 Å². The van der Waals surface area contributed by atoms with Crippen LogP contribution in [-0.2, 0) is 11.2 Å². The fraction of sp³-hybridized carbons (Fsp3) is 0.364. The van der Waals surface area contributed by atoms with Crippen LogP contribution in [0.1, 0.15) is 5.56 Å². The van der Waals surface area contributed by atoms with E-state index in [1.807, 2.05) is 0 Å². The maximum Gasteiger partial charge on any atom is 0.573 e. The van der Waals surface area contributed by atoms with Crippen molar-refractivity contribution in [2.45, 2.75) is 17.7 Å². The van der Waals surface area contributed by atoms with E-state index in [0.29, 0.717) is 4.90 Å². The Hall–Kier alpha value is -0.690. The molecule has 0 bridgehead atoms. The summed E-state index contributed by atoms with van der Waals surface area (Å²) in [4.78, 5) is 11.9. The maximum absolute atomic E-state index is 12.3. The first-order chi connectivity index (χ1) is 8.35. The van der Waals surface area contributed by atoms with Gasteiger partial charge in [0.05, 0.1) is 5.33 Å². The zero-order valence-corrected chi connectivity index (χ0v) is 11.8. The highest BCUT2D eigenvalue weighted by atomic mass is 79.9. The standard InChI is InChI=1S/C11H10BrF3O2S/c1-18-9-3-2-7(4-8(16)6-12)10(5-9)17-11(13,14)15/h2-3,5H,4,6H2,1H3. The summed E-state index contributed by atoms with van der Waals surface area (Å²) < 4.78 is 40.7. The molecule has 0 fully saturated rings. The maximum atomic E-state index is 12.3. The normalized spacial score (nSPS) is 11.4. The molecule has 0 N–H and O–H groups in total. The molecule has 0 saturated heterocycles. The molecule has 7 heteroatoms. The Bertz CT molecular complexity index is 435. The van der Waals surface area contributed by atoms with Crippen molar-refractivity contribution in [1.82, 2.24) is 0 Å². The van der Waals surface area contributed by atoms with E-state index in [0.717, 1.165) is 0 Å². The number of ether oxygens (including phenoxy) is 1. The second-order valence-electron chi connectivity index (χ2n) is 3.37. The minimum absolute atomic E-state index is 0.0919. The van der Waals surface area contributed by atoms with Gasteiger partial charge in [0.25, 0.3) is 0 Å². The number of halogens is 4. The summed E-state index contributed by atoms with van der Waals surface area (Å²) >= 11 is 4.27. The summed E-state index contributed by atoms with van der Waals surface area (Å²) in [5, 5.41) is 0.0999. The van der Waals surface area contributed by atoms with Gasteiger partial charge >= 0.3 is 6.36 Å². The van der Waals surface area contributed by atoms with E-state index in [4.69, 9.17) is 0 Å². The Morgan fingerprint density at radius 1 is 1.44 bits per heavy atom. The van der Waals surface area contributed by atoms with Crippen molar-refractivity contribution >= 4 is 33.5 Å². The van der Waals surface area contributed by atoms with Crippen molar-refractivity contribution in [2.75, 3.05) is 11.6 Å². The van der Waals surface area contributed by atoms with Crippen molar-refractivity contribution in [1.29, 1.82) is 0 Å². The number of hydrogen-bond acceptors (Lipinski definition) is 3. The smallest absolute Gasteiger partial charge is 0.405 e. The Morgan fingerprint density at radius 2 is 2.11 bits per heavy atom. The molecular formula is C11H10BrF3O2S. The Morgan fingerprint density at radius 3 is 2.61 bits per heavy atom. The largest absolute Gasteiger partial charge is 0.573 e. The van der Waals surface area contributed by atoms with Crippen molar-refractivity contribution in [3.05, 3.63) is 23.8 Å². The van der Waals surface area contributed by atoms with E-state index < -0.39 is 6.36 Å². The molecule has 0 aromatic heterocycles. The summed E-state index contributed by atoms with van der Waals surface area (Å²) in [6, 6.07) is 4.42. The SMILES string of the molecule is CSc1ccc(CC(=O)CBr)c(OC(F)(F)F)c1. The quantitative estimate of drug-likeness (QED) is 0.601. The van der Waals surface area contributed by atoms with Gasteiger partial charge in [0.1, 0.15) is 11.5 Å². The predicted octanol–water partition coefficient (Wildman–Crippen LogP) is 3.81. The van der Waals surface area contributed by atoms with Gasteiger partial charge in [0.2, 0.25) is 0 Å². The van der Waals surface area contributed by atoms with Crippen LogP contribution in [0.5, 0.6) is 5.75 Å². The number of hydrogen-bond donors (Lipinski definition) is 0. The highest BCUT2D eigenvalue weighted by molar-refractivity contribution is 9.09. The first-order valence-corrected chi connectivity index (χ1v) is 7.20. The third-order valence-corrected chi connectivity index (χ3v) is 3.39. The lowest BCUT2D eigenvalue weighted by Crippen LogP contribution is -2.19. The van der Waals surface area contributed by atoms with E-state index in [1.54, 1.807) is 12.3 Å². The van der Waals surface area contributed by atoms with E-state index in [2.05, 4.69) is 20.7 Å². The summed E-state index contributed by atoms with van der Waals surface area (Å²) in [6.45, 7) is 0. The Labute approximate surface area is 115 Å². The van der Waals surface area contributed by atoms with Crippen LogP contribution >= 0.6 is 27.7 Å². The zero-order chi connectivity index (χ0) is 13.8. The van der Waals surface area contributed by atoms with Gasteiger partial charge in [-0.1, -0.05) is 22.0 Å². The fourth-order valence-electron chi connectivity index (χ4n) is 1.29. The molecule has 0 radical (unpaired) electrons. The Balaban J connectivity index is 3.04. The predicted molar refractivity (Wildman–Crippen MR) is 67.4 cm³/mol. The highest BCUT2D eigenvalue weighted by Gasteiger charge is 2.32. The molecule has 1 rings (SSSR count). The highest BCUT2D eigenvalue weighted by Crippen LogP contribution is 2.30. The number of alkyl halides is 4. The van der Waals surface area contributed by atoms with Crippen LogP contribution in [0.15, 0.2) is 23.1 Å². The molecule has 0 heterocycles. The van der Waals surface area contributed by atoms with Gasteiger partial charge in [-0.05, 0) is 18.4 Å². The van der Waals surface area contributed by atoms with Crippen LogP contribution < -0.4 is 4.74 Å². The molecule has 1 aromatic rings. The number of carbonyl (C=O) groups is 1. The molecule has 0 atom stereocenters. The third-order valence-electron chi connectivity index (χ3n) is 2.04. The van der Waals surface area contributed by atoms with Gasteiger partial charge in [-0.25, -0.2) is 0 Å². The molecule has 0 unspecified atom stereocenters. The molecule has 100 valence electrons. The van der Waals surface area contributed by atoms with Gasteiger partial charge in [-0.15, -0.1) is 24.9 Å². The monoisotopic (exact) mass is 342 g/mol. The number of Topliss-reactive ketones (excluding diaryl/α,β-unsaturated/α-hetero) is 1. The van der Waals surface area contributed by atoms with Gasteiger partial charge in [-0.3, -0.25) is 4.79 Å². The molecular weight excluding hydrogens is 333 g/mol. The molecule has 0 aliphatic rings. The lowest BCUT2D eigenvalue weighted by atomic mass is 10.1. The molecule has 1 aromatic carbocycles. The Kier molecular flexibility index (Phi) is 5.52. The number of rotatable bonds is 5. The van der Waals surface area contributed by atoms with Crippen LogP contribution in [-0.4, -0.2) is 23.7 Å². The average Bonchev–Trinajstić information content (AvgIpc) is 2.29. The lowest BCUT2D eigenvalue weighted by Gasteiger charge is -2.13. The van der Waals surface area contributed by atoms with Gasteiger partial charge in [-0.2, -0.15) is 0 Å². The van der Waals surface area contributed by atoms with Crippen LogP contribution in [0.4, 0.5) is 13.2 Å². The number of thioether (sulfide) groups is 1.